The summed E-state index contributed by atoms with van der Waals surface area (Å²) in [6, 6.07) is 7.06. The Morgan fingerprint density at radius 2 is 2.12 bits per heavy atom. The van der Waals surface area contributed by atoms with Gasteiger partial charge >= 0.3 is 5.97 Å². The average Bonchev–Trinajstić information content (AvgIpc) is 3.09. The van der Waals surface area contributed by atoms with E-state index in [0.29, 0.717) is 33.6 Å². The van der Waals surface area contributed by atoms with Gasteiger partial charge in [-0.3, -0.25) is 14.6 Å². The lowest BCUT2D eigenvalue weighted by Gasteiger charge is -2.29. The van der Waals surface area contributed by atoms with Gasteiger partial charge in [0.25, 0.3) is 5.56 Å². The van der Waals surface area contributed by atoms with Crippen LogP contribution >= 0.6 is 0 Å². The molecule has 0 saturated heterocycles. The van der Waals surface area contributed by atoms with E-state index in [-0.39, 0.29) is 5.56 Å². The smallest absolute Gasteiger partial charge is 0.315 e. The standard InChI is InChI=1S/C17H14N4O4/c1-8-12(17(23)24-2)13(14-10(19-8)6-7-18-16(14)22)9-4-3-5-11-15(9)21-25-20-11/h3-7,12-13H,1-2H3,(H,18,22). The minimum atomic E-state index is -0.733. The SMILES string of the molecule is COC(=O)C1C(C)=Nc2cc[nH]c(=O)c2C1c1cccc2nonc12. The Bertz CT molecular complexity index is 1070. The van der Waals surface area contributed by atoms with Crippen LogP contribution in [0.25, 0.3) is 11.0 Å². The number of pyridine rings is 1. The lowest BCUT2D eigenvalue weighted by molar-refractivity contribution is -0.143. The van der Waals surface area contributed by atoms with Gasteiger partial charge in [0.2, 0.25) is 0 Å². The number of carbonyl (C=O) groups excluding carboxylic acids is 1. The fourth-order valence-corrected chi connectivity index (χ4v) is 3.39. The van der Waals surface area contributed by atoms with Crippen LogP contribution in [0.4, 0.5) is 5.69 Å². The summed E-state index contributed by atoms with van der Waals surface area (Å²) < 4.78 is 9.80. The van der Waals surface area contributed by atoms with Crippen LogP contribution in [0.3, 0.4) is 0 Å². The third-order valence-corrected chi connectivity index (χ3v) is 4.47. The van der Waals surface area contributed by atoms with Gasteiger partial charge in [0.05, 0.1) is 18.4 Å². The van der Waals surface area contributed by atoms with E-state index in [1.54, 1.807) is 25.1 Å². The number of nitrogens with one attached hydrogen (secondary N) is 1. The number of nitrogens with zero attached hydrogens (tertiary/aromatic N) is 3. The number of aromatic nitrogens is 3. The first-order chi connectivity index (χ1) is 12.1. The van der Waals surface area contributed by atoms with Crippen molar-refractivity contribution in [2.75, 3.05) is 7.11 Å². The highest BCUT2D eigenvalue weighted by Gasteiger charge is 2.41. The van der Waals surface area contributed by atoms with Crippen LogP contribution in [-0.2, 0) is 9.53 Å². The molecule has 0 radical (unpaired) electrons. The predicted octanol–water partition coefficient (Wildman–Crippen LogP) is 1.94. The highest BCUT2D eigenvalue weighted by molar-refractivity contribution is 6.05. The van der Waals surface area contributed by atoms with Crippen LogP contribution in [0.15, 0.2) is 44.9 Å². The minimum absolute atomic E-state index is 0.305. The largest absolute Gasteiger partial charge is 0.468 e. The molecule has 1 aromatic carbocycles. The molecule has 0 amide bonds. The van der Waals surface area contributed by atoms with Gasteiger partial charge in [-0.1, -0.05) is 12.1 Å². The molecule has 0 aliphatic carbocycles. The van der Waals surface area contributed by atoms with Gasteiger partial charge < -0.3 is 9.72 Å². The Balaban J connectivity index is 2.06. The Hall–Kier alpha value is -3.29. The maximum atomic E-state index is 12.5. The van der Waals surface area contributed by atoms with Crippen molar-refractivity contribution in [2.24, 2.45) is 10.9 Å². The Morgan fingerprint density at radius 1 is 1.28 bits per heavy atom. The number of ether oxygens (including phenoxy) is 1. The van der Waals surface area contributed by atoms with Gasteiger partial charge in [0, 0.05) is 17.8 Å². The number of aromatic amines is 1. The fourth-order valence-electron chi connectivity index (χ4n) is 3.39. The number of hydrogen-bond donors (Lipinski definition) is 1. The molecule has 4 rings (SSSR count). The van der Waals surface area contributed by atoms with Gasteiger partial charge in [0.1, 0.15) is 17.0 Å². The molecule has 1 aliphatic heterocycles. The third-order valence-electron chi connectivity index (χ3n) is 4.47. The van der Waals surface area contributed by atoms with E-state index in [0.717, 1.165) is 0 Å². The summed E-state index contributed by atoms with van der Waals surface area (Å²) >= 11 is 0. The lowest BCUT2D eigenvalue weighted by Crippen LogP contribution is -2.36. The molecule has 0 spiro atoms. The number of H-pyrrole nitrogens is 1. The van der Waals surface area contributed by atoms with Gasteiger partial charge in [-0.25, -0.2) is 4.63 Å². The predicted molar refractivity (Wildman–Crippen MR) is 89.0 cm³/mol. The Labute approximate surface area is 141 Å². The van der Waals surface area contributed by atoms with Gasteiger partial charge in [-0.05, 0) is 34.9 Å². The first-order valence-electron chi connectivity index (χ1n) is 7.67. The summed E-state index contributed by atoms with van der Waals surface area (Å²) in [6.07, 6.45) is 1.53. The maximum Gasteiger partial charge on any atom is 0.315 e. The summed E-state index contributed by atoms with van der Waals surface area (Å²) in [4.78, 5) is 32.1. The second-order valence-corrected chi connectivity index (χ2v) is 5.82. The molecule has 2 aromatic heterocycles. The van der Waals surface area contributed by atoms with Crippen molar-refractivity contribution in [1.29, 1.82) is 0 Å². The maximum absolute atomic E-state index is 12.5. The molecule has 8 nitrogen and oxygen atoms in total. The van der Waals surface area contributed by atoms with Gasteiger partial charge in [-0.2, -0.15) is 0 Å². The number of fused-ring (bicyclic) bond motifs is 2. The van der Waals surface area contributed by atoms with E-state index in [2.05, 4.69) is 20.3 Å². The first-order valence-corrected chi connectivity index (χ1v) is 7.67. The summed E-state index contributed by atoms with van der Waals surface area (Å²) in [5.74, 6) is -1.79. The van der Waals surface area contributed by atoms with Crippen molar-refractivity contribution in [3.63, 3.8) is 0 Å². The van der Waals surface area contributed by atoms with Crippen molar-refractivity contribution < 1.29 is 14.2 Å². The summed E-state index contributed by atoms with van der Waals surface area (Å²) in [5.41, 5.74) is 2.92. The molecular formula is C17H14N4O4. The quantitative estimate of drug-likeness (QED) is 0.715. The number of esters is 1. The molecule has 8 heteroatoms. The van der Waals surface area contributed by atoms with Crippen molar-refractivity contribution in [2.45, 2.75) is 12.8 Å². The molecular weight excluding hydrogens is 324 g/mol. The van der Waals surface area contributed by atoms with E-state index in [1.807, 2.05) is 6.07 Å². The van der Waals surface area contributed by atoms with Gasteiger partial charge in [0.15, 0.2) is 0 Å². The third kappa shape index (κ3) is 2.25. The first kappa shape index (κ1) is 15.3. The summed E-state index contributed by atoms with van der Waals surface area (Å²) in [6.45, 7) is 1.75. The van der Waals surface area contributed by atoms with Crippen LogP contribution in [0, 0.1) is 5.92 Å². The normalized spacial score (nSPS) is 19.4. The van der Waals surface area contributed by atoms with E-state index < -0.39 is 17.8 Å². The molecule has 0 bridgehead atoms. The number of methoxy groups -OCH3 is 1. The minimum Gasteiger partial charge on any atom is -0.468 e. The summed E-state index contributed by atoms with van der Waals surface area (Å²) in [7, 11) is 1.32. The molecule has 0 fully saturated rings. The number of hydrogen-bond acceptors (Lipinski definition) is 7. The molecule has 0 saturated carbocycles. The van der Waals surface area contributed by atoms with Crippen molar-refractivity contribution in [3.8, 4) is 0 Å². The van der Waals surface area contributed by atoms with Crippen molar-refractivity contribution in [1.82, 2.24) is 15.3 Å². The molecule has 1 aliphatic rings. The molecule has 2 atom stereocenters. The van der Waals surface area contributed by atoms with Crippen molar-refractivity contribution >= 4 is 28.4 Å². The topological polar surface area (TPSA) is 110 Å². The highest BCUT2D eigenvalue weighted by Crippen LogP contribution is 2.42. The lowest BCUT2D eigenvalue weighted by atomic mass is 9.76. The number of carbonyl (C=O) groups is 1. The Morgan fingerprint density at radius 3 is 2.92 bits per heavy atom. The molecule has 1 N–H and O–H groups in total. The van der Waals surface area contributed by atoms with E-state index in [4.69, 9.17) is 9.37 Å². The van der Waals surface area contributed by atoms with Crippen LogP contribution in [0.5, 0.6) is 0 Å². The second kappa shape index (κ2) is 5.66. The highest BCUT2D eigenvalue weighted by atomic mass is 16.6. The zero-order valence-corrected chi connectivity index (χ0v) is 13.5. The van der Waals surface area contributed by atoms with E-state index >= 15 is 0 Å². The van der Waals surface area contributed by atoms with Crippen LogP contribution < -0.4 is 5.56 Å². The number of benzene rings is 1. The molecule has 3 heterocycles. The Kier molecular flexibility index (Phi) is 3.45. The monoisotopic (exact) mass is 338 g/mol. The van der Waals surface area contributed by atoms with Crippen LogP contribution in [0.2, 0.25) is 0 Å². The van der Waals surface area contributed by atoms with E-state index in [9.17, 15) is 9.59 Å². The fraction of sp³-hybridized carbons (Fsp3) is 0.235. The number of rotatable bonds is 2. The molecule has 126 valence electrons. The zero-order valence-electron chi connectivity index (χ0n) is 13.5. The molecule has 3 aromatic rings. The number of aliphatic imine (C=N–C) groups is 1. The molecule has 25 heavy (non-hydrogen) atoms. The average molecular weight is 338 g/mol. The molecule has 2 unspecified atom stereocenters. The zero-order chi connectivity index (χ0) is 17.6. The van der Waals surface area contributed by atoms with Gasteiger partial charge in [-0.15, -0.1) is 0 Å². The second-order valence-electron chi connectivity index (χ2n) is 5.82. The van der Waals surface area contributed by atoms with E-state index in [1.165, 1.54) is 13.3 Å². The summed E-state index contributed by atoms with van der Waals surface area (Å²) in [5, 5.41) is 7.79. The van der Waals surface area contributed by atoms with Crippen LogP contribution in [0.1, 0.15) is 24.0 Å². The van der Waals surface area contributed by atoms with Crippen molar-refractivity contribution in [3.05, 3.63) is 51.9 Å². The van der Waals surface area contributed by atoms with Crippen LogP contribution in [-0.4, -0.2) is 34.1 Å².